The Kier molecular flexibility index (Phi) is 6.62. The lowest BCUT2D eigenvalue weighted by Crippen LogP contribution is -2.19. The lowest BCUT2D eigenvalue weighted by Gasteiger charge is -2.08. The number of benzene rings is 3. The van der Waals surface area contributed by atoms with E-state index in [0.29, 0.717) is 24.5 Å². The van der Waals surface area contributed by atoms with Gasteiger partial charge in [-0.05, 0) is 29.2 Å². The van der Waals surface area contributed by atoms with Gasteiger partial charge in [-0.2, -0.15) is 5.10 Å². The van der Waals surface area contributed by atoms with Crippen LogP contribution in [0.4, 0.5) is 0 Å². The molecule has 2 N–H and O–H groups in total. The van der Waals surface area contributed by atoms with E-state index in [1.807, 2.05) is 85.1 Å². The number of amides is 1. The highest BCUT2D eigenvalue weighted by atomic mass is 16.5. The number of carbonyl (C=O) groups excluding carboxylic acids is 1. The summed E-state index contributed by atoms with van der Waals surface area (Å²) in [4.78, 5) is 20.4. The molecule has 2 aromatic heterocycles. The van der Waals surface area contributed by atoms with Crippen LogP contribution < -0.4 is 10.2 Å². The third-order valence-corrected chi connectivity index (χ3v) is 5.67. The van der Waals surface area contributed by atoms with Crippen molar-refractivity contribution in [1.82, 2.24) is 15.4 Å². The zero-order chi connectivity index (χ0) is 23.9. The van der Waals surface area contributed by atoms with Crippen molar-refractivity contribution in [3.8, 4) is 5.88 Å². The SMILES string of the molecule is O=C(N/N=C/c1c[nH]c2cnc(OCc3ccccc3)cc12)c1ccccc1Cc1ccccc1. The van der Waals surface area contributed by atoms with Gasteiger partial charge in [-0.25, -0.2) is 10.4 Å². The maximum atomic E-state index is 12.9. The summed E-state index contributed by atoms with van der Waals surface area (Å²) in [5, 5.41) is 5.11. The van der Waals surface area contributed by atoms with Gasteiger partial charge in [0.05, 0.1) is 17.9 Å². The summed E-state index contributed by atoms with van der Waals surface area (Å²) in [6, 6.07) is 29.5. The van der Waals surface area contributed by atoms with Gasteiger partial charge in [-0.15, -0.1) is 0 Å². The Morgan fingerprint density at radius 2 is 1.66 bits per heavy atom. The molecule has 0 aliphatic rings. The van der Waals surface area contributed by atoms with Gasteiger partial charge in [0.1, 0.15) is 6.61 Å². The molecule has 0 fully saturated rings. The Bertz CT molecular complexity index is 1460. The molecule has 0 aliphatic carbocycles. The van der Waals surface area contributed by atoms with Gasteiger partial charge in [-0.1, -0.05) is 78.9 Å². The third kappa shape index (κ3) is 5.45. The van der Waals surface area contributed by atoms with Crippen LogP contribution in [0.15, 0.2) is 108 Å². The van der Waals surface area contributed by atoms with E-state index in [1.165, 1.54) is 0 Å². The monoisotopic (exact) mass is 460 g/mol. The first-order chi connectivity index (χ1) is 17.3. The fraction of sp³-hybridized carbons (Fsp3) is 0.0690. The number of aromatic amines is 1. The molecule has 5 rings (SSSR count). The minimum atomic E-state index is -0.249. The van der Waals surface area contributed by atoms with Gasteiger partial charge in [0.15, 0.2) is 0 Å². The second kappa shape index (κ2) is 10.5. The molecule has 0 unspecified atom stereocenters. The molecule has 0 spiro atoms. The summed E-state index contributed by atoms with van der Waals surface area (Å²) >= 11 is 0. The summed E-state index contributed by atoms with van der Waals surface area (Å²) in [7, 11) is 0. The lowest BCUT2D eigenvalue weighted by molar-refractivity contribution is 0.0954. The van der Waals surface area contributed by atoms with Crippen molar-refractivity contribution >= 4 is 23.0 Å². The normalized spacial score (nSPS) is 11.1. The first-order valence-corrected chi connectivity index (χ1v) is 11.4. The van der Waals surface area contributed by atoms with Crippen LogP contribution >= 0.6 is 0 Å². The van der Waals surface area contributed by atoms with E-state index in [-0.39, 0.29) is 5.91 Å². The third-order valence-electron chi connectivity index (χ3n) is 5.67. The molecule has 2 heterocycles. The number of carbonyl (C=O) groups is 1. The molecular weight excluding hydrogens is 436 g/mol. The van der Waals surface area contributed by atoms with Crippen LogP contribution in [0, 0.1) is 0 Å². The van der Waals surface area contributed by atoms with Crippen LogP contribution in [0.1, 0.15) is 32.6 Å². The molecule has 0 bridgehead atoms. The molecule has 35 heavy (non-hydrogen) atoms. The summed E-state index contributed by atoms with van der Waals surface area (Å²) < 4.78 is 5.85. The smallest absolute Gasteiger partial charge is 0.271 e. The molecule has 1 amide bonds. The molecule has 0 atom stereocenters. The van der Waals surface area contributed by atoms with E-state index in [9.17, 15) is 4.79 Å². The topological polar surface area (TPSA) is 79.4 Å². The van der Waals surface area contributed by atoms with Crippen molar-refractivity contribution < 1.29 is 9.53 Å². The number of hydrazone groups is 1. The number of fused-ring (bicyclic) bond motifs is 1. The van der Waals surface area contributed by atoms with Crippen molar-refractivity contribution in [3.05, 3.63) is 131 Å². The largest absolute Gasteiger partial charge is 0.473 e. The maximum Gasteiger partial charge on any atom is 0.271 e. The summed E-state index contributed by atoms with van der Waals surface area (Å²) in [5.41, 5.74) is 8.11. The second-order valence-electron chi connectivity index (χ2n) is 8.11. The Labute approximate surface area is 203 Å². The number of H-pyrrole nitrogens is 1. The maximum absolute atomic E-state index is 12.9. The summed E-state index contributed by atoms with van der Waals surface area (Å²) in [6.45, 7) is 0.436. The molecule has 0 saturated heterocycles. The van der Waals surface area contributed by atoms with E-state index in [0.717, 1.165) is 33.2 Å². The zero-order valence-corrected chi connectivity index (χ0v) is 19.0. The van der Waals surface area contributed by atoms with Gasteiger partial charge in [-0.3, -0.25) is 4.79 Å². The van der Waals surface area contributed by atoms with Gasteiger partial charge >= 0.3 is 0 Å². The van der Waals surface area contributed by atoms with E-state index < -0.39 is 0 Å². The molecule has 6 nitrogen and oxygen atoms in total. The van der Waals surface area contributed by atoms with Gasteiger partial charge in [0.25, 0.3) is 5.91 Å². The number of aromatic nitrogens is 2. The first kappa shape index (κ1) is 22.1. The molecular formula is C29H24N4O2. The molecule has 6 heteroatoms. The Hall–Kier alpha value is -4.71. The first-order valence-electron chi connectivity index (χ1n) is 11.4. The Balaban J connectivity index is 1.27. The summed E-state index contributed by atoms with van der Waals surface area (Å²) in [5.74, 6) is 0.274. The van der Waals surface area contributed by atoms with Crippen molar-refractivity contribution in [2.75, 3.05) is 0 Å². The quantitative estimate of drug-likeness (QED) is 0.237. The van der Waals surface area contributed by atoms with Crippen LogP contribution in [-0.4, -0.2) is 22.1 Å². The zero-order valence-electron chi connectivity index (χ0n) is 19.0. The van der Waals surface area contributed by atoms with Crippen molar-refractivity contribution in [1.29, 1.82) is 0 Å². The number of pyridine rings is 1. The minimum Gasteiger partial charge on any atom is -0.473 e. The fourth-order valence-corrected chi connectivity index (χ4v) is 3.87. The van der Waals surface area contributed by atoms with Gasteiger partial charge in [0, 0.05) is 28.8 Å². The Morgan fingerprint density at radius 3 is 2.46 bits per heavy atom. The van der Waals surface area contributed by atoms with Gasteiger partial charge < -0.3 is 9.72 Å². The van der Waals surface area contributed by atoms with Crippen LogP contribution in [0.2, 0.25) is 0 Å². The van der Waals surface area contributed by atoms with E-state index in [2.05, 4.69) is 32.6 Å². The van der Waals surface area contributed by atoms with E-state index >= 15 is 0 Å². The minimum absolute atomic E-state index is 0.249. The Morgan fingerprint density at radius 1 is 0.943 bits per heavy atom. The van der Waals surface area contributed by atoms with Crippen molar-refractivity contribution in [3.63, 3.8) is 0 Å². The van der Waals surface area contributed by atoms with Crippen molar-refractivity contribution in [2.24, 2.45) is 5.10 Å². The van der Waals surface area contributed by atoms with Crippen LogP contribution in [0.5, 0.6) is 5.88 Å². The predicted molar refractivity (Wildman–Crippen MR) is 138 cm³/mol. The number of nitrogens with one attached hydrogen (secondary N) is 2. The molecule has 5 aromatic rings. The molecule has 172 valence electrons. The molecule has 0 aliphatic heterocycles. The number of hydrogen-bond acceptors (Lipinski definition) is 4. The van der Waals surface area contributed by atoms with Crippen LogP contribution in [0.3, 0.4) is 0 Å². The average molecular weight is 461 g/mol. The highest BCUT2D eigenvalue weighted by Gasteiger charge is 2.11. The number of hydrogen-bond donors (Lipinski definition) is 2. The van der Waals surface area contributed by atoms with Gasteiger partial charge in [0.2, 0.25) is 5.88 Å². The van der Waals surface area contributed by atoms with E-state index in [1.54, 1.807) is 12.4 Å². The summed E-state index contributed by atoms with van der Waals surface area (Å²) in [6.07, 6.45) is 5.85. The van der Waals surface area contributed by atoms with Crippen LogP contribution in [-0.2, 0) is 13.0 Å². The number of rotatable bonds is 8. The van der Waals surface area contributed by atoms with Crippen molar-refractivity contribution in [2.45, 2.75) is 13.0 Å². The lowest BCUT2D eigenvalue weighted by atomic mass is 9.99. The second-order valence-corrected chi connectivity index (χ2v) is 8.11. The number of nitrogens with zero attached hydrogens (tertiary/aromatic N) is 2. The molecule has 3 aromatic carbocycles. The van der Waals surface area contributed by atoms with Crippen LogP contribution in [0.25, 0.3) is 10.9 Å². The predicted octanol–water partition coefficient (Wildman–Crippen LogP) is 5.50. The highest BCUT2D eigenvalue weighted by molar-refractivity contribution is 6.00. The number of ether oxygens (including phenoxy) is 1. The standard InChI is InChI=1S/C29H24N4O2/c34-29(25-14-8-7-13-23(25)15-21-9-3-1-4-10-21)33-32-18-24-17-30-27-19-31-28(16-26(24)27)35-20-22-11-5-2-6-12-22/h1-14,16-19,30H,15,20H2,(H,33,34)/b32-18+. The molecule has 0 radical (unpaired) electrons. The highest BCUT2D eigenvalue weighted by Crippen LogP contribution is 2.21. The van der Waals surface area contributed by atoms with E-state index in [4.69, 9.17) is 4.74 Å². The average Bonchev–Trinajstić information content (AvgIpc) is 3.31. The fourth-order valence-electron chi connectivity index (χ4n) is 3.87. The molecule has 0 saturated carbocycles.